The summed E-state index contributed by atoms with van der Waals surface area (Å²) in [6, 6.07) is 5.93. The van der Waals surface area contributed by atoms with Gasteiger partial charge in [0.1, 0.15) is 0 Å². The number of benzene rings is 1. The van der Waals surface area contributed by atoms with Gasteiger partial charge in [-0.2, -0.15) is 5.26 Å². The van der Waals surface area contributed by atoms with Gasteiger partial charge in [-0.25, -0.2) is 0 Å². The summed E-state index contributed by atoms with van der Waals surface area (Å²) in [7, 11) is 0. The highest BCUT2D eigenvalue weighted by molar-refractivity contribution is 5.85. The molecule has 0 radical (unpaired) electrons. The Balaban J connectivity index is 2.48. The zero-order valence-electron chi connectivity index (χ0n) is 15.5. The van der Waals surface area contributed by atoms with Crippen molar-refractivity contribution in [2.75, 3.05) is 11.5 Å². The van der Waals surface area contributed by atoms with Gasteiger partial charge in [0.05, 0.1) is 28.9 Å². The fraction of sp³-hybridized carbons (Fsp3) is 0.526. The first-order valence-electron chi connectivity index (χ1n) is 8.97. The Morgan fingerprint density at radius 2 is 2.11 bits per heavy atom. The average Bonchev–Trinajstić information content (AvgIpc) is 2.64. The minimum atomic E-state index is -1.39. The first kappa shape index (κ1) is 20.4. The number of carbonyl (C=O) groups excluding carboxylic acids is 2. The number of nitro groups is 1. The quantitative estimate of drug-likeness (QED) is 0.313. The van der Waals surface area contributed by atoms with Crippen LogP contribution in [0.4, 0.5) is 11.4 Å². The number of esters is 1. The molecular formula is C19H23N3O5. The highest BCUT2D eigenvalue weighted by Crippen LogP contribution is 2.38. The van der Waals surface area contributed by atoms with Crippen LogP contribution < -0.4 is 4.90 Å². The van der Waals surface area contributed by atoms with E-state index in [0.29, 0.717) is 12.1 Å². The average molecular weight is 373 g/mol. The lowest BCUT2D eigenvalue weighted by molar-refractivity contribution is -0.385. The summed E-state index contributed by atoms with van der Waals surface area (Å²) in [6.07, 6.45) is 5.39. The third-order valence-corrected chi connectivity index (χ3v) is 5.07. The van der Waals surface area contributed by atoms with E-state index in [2.05, 4.69) is 0 Å². The molecule has 0 saturated heterocycles. The Morgan fingerprint density at radius 1 is 1.44 bits per heavy atom. The maximum Gasteiger partial charge on any atom is 0.328 e. The van der Waals surface area contributed by atoms with Gasteiger partial charge in [0, 0.05) is 11.6 Å². The Kier molecular flexibility index (Phi) is 6.50. The molecule has 144 valence electrons. The Morgan fingerprint density at radius 3 is 2.63 bits per heavy atom. The molecule has 1 aliphatic rings. The van der Waals surface area contributed by atoms with E-state index in [4.69, 9.17) is 4.74 Å². The van der Waals surface area contributed by atoms with Crippen molar-refractivity contribution in [3.05, 3.63) is 33.9 Å². The lowest BCUT2D eigenvalue weighted by atomic mass is 9.81. The summed E-state index contributed by atoms with van der Waals surface area (Å²) in [5, 5.41) is 20.9. The van der Waals surface area contributed by atoms with Crippen molar-refractivity contribution in [1.82, 2.24) is 0 Å². The van der Waals surface area contributed by atoms with Gasteiger partial charge in [0.2, 0.25) is 6.41 Å². The number of rotatable bonds is 7. The van der Waals surface area contributed by atoms with Gasteiger partial charge in [0.15, 0.2) is 5.92 Å². The maximum atomic E-state index is 12.0. The fourth-order valence-corrected chi connectivity index (χ4v) is 3.61. The summed E-state index contributed by atoms with van der Waals surface area (Å²) >= 11 is 0. The van der Waals surface area contributed by atoms with Crippen LogP contribution in [0.15, 0.2) is 18.2 Å². The van der Waals surface area contributed by atoms with Crippen molar-refractivity contribution in [3.8, 4) is 6.07 Å². The van der Waals surface area contributed by atoms with Gasteiger partial charge in [-0.3, -0.25) is 19.7 Å². The number of nitriles is 1. The molecule has 1 aliphatic carbocycles. The normalized spacial score (nSPS) is 16.6. The van der Waals surface area contributed by atoms with Gasteiger partial charge in [0.25, 0.3) is 5.69 Å². The van der Waals surface area contributed by atoms with Crippen molar-refractivity contribution in [3.63, 3.8) is 0 Å². The summed E-state index contributed by atoms with van der Waals surface area (Å²) in [4.78, 5) is 36.2. The van der Waals surface area contributed by atoms with E-state index in [1.807, 2.05) is 6.92 Å². The van der Waals surface area contributed by atoms with Crippen molar-refractivity contribution in [1.29, 1.82) is 5.26 Å². The molecule has 0 aromatic heterocycles. The highest BCUT2D eigenvalue weighted by atomic mass is 16.6. The van der Waals surface area contributed by atoms with Gasteiger partial charge in [-0.05, 0) is 38.8 Å². The van der Waals surface area contributed by atoms with Crippen LogP contribution in [0.1, 0.15) is 57.4 Å². The van der Waals surface area contributed by atoms with Gasteiger partial charge >= 0.3 is 5.97 Å². The molecule has 2 rings (SSSR count). The third kappa shape index (κ3) is 4.25. The molecule has 1 aromatic carbocycles. The van der Waals surface area contributed by atoms with Crippen LogP contribution in [0.3, 0.4) is 0 Å². The van der Waals surface area contributed by atoms with Crippen LogP contribution in [0.2, 0.25) is 0 Å². The molecule has 1 atom stereocenters. The lowest BCUT2D eigenvalue weighted by Crippen LogP contribution is -2.47. The number of ether oxygens (including phenoxy) is 1. The van der Waals surface area contributed by atoms with E-state index in [1.165, 1.54) is 17.0 Å². The van der Waals surface area contributed by atoms with Crippen molar-refractivity contribution < 1.29 is 19.2 Å². The minimum absolute atomic E-state index is 0.0376. The molecule has 0 spiro atoms. The van der Waals surface area contributed by atoms with E-state index in [0.717, 1.165) is 32.1 Å². The first-order valence-corrected chi connectivity index (χ1v) is 8.97. The van der Waals surface area contributed by atoms with Crippen molar-refractivity contribution in [2.45, 2.75) is 57.4 Å². The predicted octanol–water partition coefficient (Wildman–Crippen LogP) is 3.45. The smallest absolute Gasteiger partial charge is 0.328 e. The number of hydrogen-bond acceptors (Lipinski definition) is 6. The van der Waals surface area contributed by atoms with E-state index >= 15 is 0 Å². The topological polar surface area (TPSA) is 114 Å². The summed E-state index contributed by atoms with van der Waals surface area (Å²) < 4.78 is 4.84. The summed E-state index contributed by atoms with van der Waals surface area (Å²) in [5.74, 6) is -2.23. The molecule has 27 heavy (non-hydrogen) atoms. The zero-order valence-corrected chi connectivity index (χ0v) is 15.5. The van der Waals surface area contributed by atoms with E-state index in [9.17, 15) is 25.0 Å². The van der Waals surface area contributed by atoms with E-state index < -0.39 is 22.3 Å². The third-order valence-electron chi connectivity index (χ3n) is 5.07. The van der Waals surface area contributed by atoms with Crippen molar-refractivity contribution in [2.24, 2.45) is 0 Å². The SMILES string of the molecule is CCOC(=O)C(C#N)c1ccc(N(C=O)C2(C)CCCCC2)cc1[N+](=O)[O-]. The number of amides is 1. The molecule has 0 aliphatic heterocycles. The van der Waals surface area contributed by atoms with E-state index in [-0.39, 0.29) is 17.9 Å². The number of carbonyl (C=O) groups is 2. The van der Waals surface area contributed by atoms with Gasteiger partial charge in [-0.15, -0.1) is 0 Å². The maximum absolute atomic E-state index is 12.0. The molecular weight excluding hydrogens is 350 g/mol. The van der Waals surface area contributed by atoms with E-state index in [1.54, 1.807) is 19.1 Å². The molecule has 1 unspecified atom stereocenters. The number of nitrogens with zero attached hydrogens (tertiary/aromatic N) is 3. The van der Waals surface area contributed by atoms with Crippen LogP contribution in [-0.4, -0.2) is 29.4 Å². The predicted molar refractivity (Wildman–Crippen MR) is 98.1 cm³/mol. The van der Waals surface area contributed by atoms with Crippen LogP contribution in [0.5, 0.6) is 0 Å². The molecule has 1 saturated carbocycles. The fourth-order valence-electron chi connectivity index (χ4n) is 3.61. The first-order chi connectivity index (χ1) is 12.9. The second kappa shape index (κ2) is 8.62. The van der Waals surface area contributed by atoms with Crippen molar-refractivity contribution >= 4 is 23.8 Å². The van der Waals surface area contributed by atoms with Crippen LogP contribution in [0.25, 0.3) is 0 Å². The minimum Gasteiger partial charge on any atom is -0.465 e. The van der Waals surface area contributed by atoms with Gasteiger partial charge < -0.3 is 9.64 Å². The number of nitro benzene ring substituents is 1. The monoisotopic (exact) mass is 373 g/mol. The number of hydrogen-bond donors (Lipinski definition) is 0. The molecule has 8 nitrogen and oxygen atoms in total. The summed E-state index contributed by atoms with van der Waals surface area (Å²) in [5.41, 5.74) is -0.446. The standard InChI is InChI=1S/C19H23N3O5/c1-3-27-18(24)16(12-20)15-8-7-14(11-17(15)22(25)26)21(13-23)19(2)9-5-4-6-10-19/h7-8,11,13,16H,3-6,9-10H2,1-2H3. The highest BCUT2D eigenvalue weighted by Gasteiger charge is 2.36. The van der Waals surface area contributed by atoms with Crippen LogP contribution in [-0.2, 0) is 14.3 Å². The molecule has 1 fully saturated rings. The Hall–Kier alpha value is -2.95. The summed E-state index contributed by atoms with van der Waals surface area (Å²) in [6.45, 7) is 3.63. The number of anilines is 1. The lowest BCUT2D eigenvalue weighted by Gasteiger charge is -2.41. The van der Waals surface area contributed by atoms with Gasteiger partial charge in [-0.1, -0.05) is 19.3 Å². The Bertz CT molecular complexity index is 765. The van der Waals surface area contributed by atoms with Crippen LogP contribution >= 0.6 is 0 Å². The largest absolute Gasteiger partial charge is 0.465 e. The molecule has 0 N–H and O–H groups in total. The van der Waals surface area contributed by atoms with Crippen LogP contribution in [0, 0.1) is 21.4 Å². The molecule has 8 heteroatoms. The second-order valence-electron chi connectivity index (χ2n) is 6.85. The zero-order chi connectivity index (χ0) is 20.0. The second-order valence-corrected chi connectivity index (χ2v) is 6.85. The Labute approximate surface area is 157 Å². The molecule has 0 heterocycles. The molecule has 0 bridgehead atoms. The molecule has 1 aromatic rings. The molecule has 1 amide bonds.